The summed E-state index contributed by atoms with van der Waals surface area (Å²) in [6.45, 7) is 1.56. The Balaban J connectivity index is 1.52. The average Bonchev–Trinajstić information content (AvgIpc) is 2.73. The van der Waals surface area contributed by atoms with Crippen LogP contribution in [0.2, 0.25) is 0 Å². The number of hydrogen-bond donors (Lipinski definition) is 0. The number of nitrogens with zero attached hydrogens (tertiary/aromatic N) is 3. The van der Waals surface area contributed by atoms with Crippen molar-refractivity contribution in [2.24, 2.45) is 0 Å². The minimum atomic E-state index is -0.287. The Morgan fingerprint density at radius 3 is 2.50 bits per heavy atom. The number of aromatic nitrogens is 2. The molecule has 0 spiro atoms. The first kappa shape index (κ1) is 18.3. The SMILES string of the molecule is COc1cc2cnnc(N3CCC(Oc4cccc(F)c4)CC3)c2cc1OC. The van der Waals surface area contributed by atoms with Crippen LogP contribution in [0.25, 0.3) is 10.8 Å². The molecule has 0 aliphatic carbocycles. The van der Waals surface area contributed by atoms with E-state index in [0.717, 1.165) is 42.5 Å². The van der Waals surface area contributed by atoms with E-state index >= 15 is 0 Å². The third kappa shape index (κ3) is 3.65. The molecule has 0 saturated carbocycles. The van der Waals surface area contributed by atoms with Gasteiger partial charge in [-0.15, -0.1) is 5.10 Å². The Labute approximate surface area is 162 Å². The maximum absolute atomic E-state index is 13.3. The van der Waals surface area contributed by atoms with Gasteiger partial charge in [-0.25, -0.2) is 4.39 Å². The number of hydrogen-bond acceptors (Lipinski definition) is 6. The standard InChI is InChI=1S/C21H22FN3O3/c1-26-19-10-14-13-23-24-21(18(14)12-20(19)27-2)25-8-6-16(7-9-25)28-17-5-3-4-15(22)11-17/h3-5,10-13,16H,6-9H2,1-2H3. The molecule has 1 aliphatic heterocycles. The van der Waals surface area contributed by atoms with Gasteiger partial charge in [0.15, 0.2) is 17.3 Å². The summed E-state index contributed by atoms with van der Waals surface area (Å²) in [5.74, 6) is 2.43. The second kappa shape index (κ2) is 7.88. The summed E-state index contributed by atoms with van der Waals surface area (Å²) in [5.41, 5.74) is 0. The molecule has 1 aliphatic rings. The van der Waals surface area contributed by atoms with Crippen LogP contribution in [-0.4, -0.2) is 43.6 Å². The molecule has 0 amide bonds. The van der Waals surface area contributed by atoms with Crippen molar-refractivity contribution in [1.82, 2.24) is 10.2 Å². The van der Waals surface area contributed by atoms with Gasteiger partial charge in [0.05, 0.1) is 20.4 Å². The van der Waals surface area contributed by atoms with E-state index in [-0.39, 0.29) is 11.9 Å². The average molecular weight is 383 g/mol. The molecule has 0 bridgehead atoms. The predicted molar refractivity (Wildman–Crippen MR) is 105 cm³/mol. The highest BCUT2D eigenvalue weighted by Crippen LogP contribution is 2.36. The van der Waals surface area contributed by atoms with E-state index in [9.17, 15) is 4.39 Å². The van der Waals surface area contributed by atoms with Crippen molar-refractivity contribution in [2.45, 2.75) is 18.9 Å². The molecule has 146 valence electrons. The summed E-state index contributed by atoms with van der Waals surface area (Å²) in [5, 5.41) is 10.4. The highest BCUT2D eigenvalue weighted by Gasteiger charge is 2.24. The summed E-state index contributed by atoms with van der Waals surface area (Å²) in [6, 6.07) is 10.1. The summed E-state index contributed by atoms with van der Waals surface area (Å²) < 4.78 is 30.1. The van der Waals surface area contributed by atoms with Crippen molar-refractivity contribution in [2.75, 3.05) is 32.2 Å². The second-order valence-electron chi connectivity index (χ2n) is 6.72. The third-order valence-electron chi connectivity index (χ3n) is 4.99. The van der Waals surface area contributed by atoms with Crippen molar-refractivity contribution in [3.8, 4) is 17.2 Å². The zero-order valence-corrected chi connectivity index (χ0v) is 15.9. The number of methoxy groups -OCH3 is 2. The molecule has 0 atom stereocenters. The Morgan fingerprint density at radius 1 is 1.04 bits per heavy atom. The largest absolute Gasteiger partial charge is 0.493 e. The number of ether oxygens (including phenoxy) is 3. The Hall–Kier alpha value is -3.09. The Bertz CT molecular complexity index is 974. The van der Waals surface area contributed by atoms with Crippen LogP contribution in [0, 0.1) is 5.82 Å². The summed E-state index contributed by atoms with van der Waals surface area (Å²) in [6.07, 6.45) is 3.42. The fourth-order valence-electron chi connectivity index (χ4n) is 3.55. The van der Waals surface area contributed by atoms with E-state index < -0.39 is 0 Å². The van der Waals surface area contributed by atoms with E-state index in [0.29, 0.717) is 17.2 Å². The van der Waals surface area contributed by atoms with Gasteiger partial charge in [-0.1, -0.05) is 6.07 Å². The van der Waals surface area contributed by atoms with Gasteiger partial charge in [-0.2, -0.15) is 5.10 Å². The first-order valence-electron chi connectivity index (χ1n) is 9.22. The smallest absolute Gasteiger partial charge is 0.161 e. The van der Waals surface area contributed by atoms with Crippen molar-refractivity contribution < 1.29 is 18.6 Å². The van der Waals surface area contributed by atoms with Gasteiger partial charge in [0.2, 0.25) is 0 Å². The van der Waals surface area contributed by atoms with E-state index in [1.165, 1.54) is 12.1 Å². The number of fused-ring (bicyclic) bond motifs is 1. The van der Waals surface area contributed by atoms with Gasteiger partial charge in [0, 0.05) is 42.8 Å². The molecule has 2 aromatic carbocycles. The van der Waals surface area contributed by atoms with Crippen molar-refractivity contribution in [3.63, 3.8) is 0 Å². The van der Waals surface area contributed by atoms with E-state index in [2.05, 4.69) is 15.1 Å². The number of piperidine rings is 1. The molecule has 28 heavy (non-hydrogen) atoms. The van der Waals surface area contributed by atoms with Gasteiger partial charge >= 0.3 is 0 Å². The maximum Gasteiger partial charge on any atom is 0.161 e. The van der Waals surface area contributed by atoms with Crippen LogP contribution < -0.4 is 19.1 Å². The van der Waals surface area contributed by atoms with E-state index in [4.69, 9.17) is 14.2 Å². The predicted octanol–water partition coefficient (Wildman–Crippen LogP) is 3.83. The van der Waals surface area contributed by atoms with E-state index in [1.54, 1.807) is 32.5 Å². The normalized spacial score (nSPS) is 14.9. The van der Waals surface area contributed by atoms with Crippen LogP contribution in [0.5, 0.6) is 17.2 Å². The molecule has 3 aromatic rings. The summed E-state index contributed by atoms with van der Waals surface area (Å²) in [7, 11) is 3.23. The van der Waals surface area contributed by atoms with Gasteiger partial charge in [0.25, 0.3) is 0 Å². The number of anilines is 1. The molecule has 6 nitrogen and oxygen atoms in total. The van der Waals surface area contributed by atoms with Gasteiger partial charge in [-0.3, -0.25) is 0 Å². The molecule has 4 rings (SSSR count). The fourth-order valence-corrected chi connectivity index (χ4v) is 3.55. The minimum absolute atomic E-state index is 0.0515. The summed E-state index contributed by atoms with van der Waals surface area (Å²) in [4.78, 5) is 2.20. The first-order valence-corrected chi connectivity index (χ1v) is 9.22. The second-order valence-corrected chi connectivity index (χ2v) is 6.72. The maximum atomic E-state index is 13.3. The van der Waals surface area contributed by atoms with Crippen LogP contribution >= 0.6 is 0 Å². The van der Waals surface area contributed by atoms with Gasteiger partial charge < -0.3 is 19.1 Å². The quantitative estimate of drug-likeness (QED) is 0.667. The van der Waals surface area contributed by atoms with Crippen LogP contribution in [0.1, 0.15) is 12.8 Å². The molecular weight excluding hydrogens is 361 g/mol. The van der Waals surface area contributed by atoms with Crippen molar-refractivity contribution >= 4 is 16.6 Å². The Kier molecular flexibility index (Phi) is 5.14. The van der Waals surface area contributed by atoms with Crippen LogP contribution in [0.4, 0.5) is 10.2 Å². The van der Waals surface area contributed by atoms with Gasteiger partial charge in [0.1, 0.15) is 17.7 Å². The highest BCUT2D eigenvalue weighted by molar-refractivity contribution is 5.94. The number of rotatable bonds is 5. The van der Waals surface area contributed by atoms with E-state index in [1.807, 2.05) is 12.1 Å². The lowest BCUT2D eigenvalue weighted by molar-refractivity contribution is 0.170. The molecule has 0 unspecified atom stereocenters. The van der Waals surface area contributed by atoms with Crippen LogP contribution in [0.15, 0.2) is 42.6 Å². The van der Waals surface area contributed by atoms with Gasteiger partial charge in [-0.05, 0) is 24.3 Å². The zero-order valence-electron chi connectivity index (χ0n) is 15.9. The van der Waals surface area contributed by atoms with Crippen molar-refractivity contribution in [3.05, 3.63) is 48.4 Å². The molecule has 7 heteroatoms. The topological polar surface area (TPSA) is 56.7 Å². The molecule has 1 saturated heterocycles. The van der Waals surface area contributed by atoms with Crippen LogP contribution in [0.3, 0.4) is 0 Å². The fraction of sp³-hybridized carbons (Fsp3) is 0.333. The van der Waals surface area contributed by atoms with Crippen LogP contribution in [-0.2, 0) is 0 Å². The molecule has 0 N–H and O–H groups in total. The van der Waals surface area contributed by atoms with Crippen molar-refractivity contribution in [1.29, 1.82) is 0 Å². The molecule has 1 aromatic heterocycles. The molecule has 2 heterocycles. The molecule has 0 radical (unpaired) electrons. The lowest BCUT2D eigenvalue weighted by Crippen LogP contribution is -2.38. The molecule has 1 fully saturated rings. The lowest BCUT2D eigenvalue weighted by atomic mass is 10.1. The first-order chi connectivity index (χ1) is 13.7. The Morgan fingerprint density at radius 2 is 1.79 bits per heavy atom. The molecular formula is C21H22FN3O3. The highest BCUT2D eigenvalue weighted by atomic mass is 19.1. The zero-order chi connectivity index (χ0) is 19.5. The number of benzene rings is 2. The lowest BCUT2D eigenvalue weighted by Gasteiger charge is -2.33. The monoisotopic (exact) mass is 383 g/mol. The number of halogens is 1. The minimum Gasteiger partial charge on any atom is -0.493 e. The summed E-state index contributed by atoms with van der Waals surface area (Å²) >= 11 is 0. The third-order valence-corrected chi connectivity index (χ3v) is 4.99.